The van der Waals surface area contributed by atoms with Crippen LogP contribution in [0, 0.1) is 12.3 Å². The molecule has 0 bridgehead atoms. The maximum Gasteiger partial charge on any atom is 0.326 e. The highest BCUT2D eigenvalue weighted by Gasteiger charge is 2.39. The van der Waals surface area contributed by atoms with Gasteiger partial charge in [-0.1, -0.05) is 12.8 Å². The fourth-order valence-corrected chi connectivity index (χ4v) is 1.75. The molecule has 1 saturated heterocycles. The van der Waals surface area contributed by atoms with Crippen LogP contribution in [-0.4, -0.2) is 34.0 Å². The van der Waals surface area contributed by atoms with E-state index in [9.17, 15) is 9.59 Å². The molecule has 2 atom stereocenters. The molecule has 1 amide bonds. The number of hydrogen-bond acceptors (Lipinski definition) is 2. The highest BCUT2D eigenvalue weighted by molar-refractivity contribution is 5.84. The molecule has 0 spiro atoms. The van der Waals surface area contributed by atoms with Gasteiger partial charge in [-0.15, -0.1) is 6.42 Å². The molecule has 0 unspecified atom stereocenters. The number of nitrogens with zero attached hydrogens (tertiary/aromatic N) is 1. The number of carbonyl (C=O) groups is 2. The Morgan fingerprint density at radius 3 is 2.64 bits per heavy atom. The van der Waals surface area contributed by atoms with E-state index in [1.807, 2.05) is 0 Å². The topological polar surface area (TPSA) is 57.6 Å². The first-order valence-electron chi connectivity index (χ1n) is 4.62. The van der Waals surface area contributed by atoms with Gasteiger partial charge < -0.3 is 10.0 Å². The van der Waals surface area contributed by atoms with E-state index in [0.717, 1.165) is 0 Å². The Balaban J connectivity index is 2.87. The lowest BCUT2D eigenvalue weighted by atomic mass is 10.2. The smallest absolute Gasteiger partial charge is 0.326 e. The van der Waals surface area contributed by atoms with Crippen LogP contribution < -0.4 is 0 Å². The molecule has 14 heavy (non-hydrogen) atoms. The lowest BCUT2D eigenvalue weighted by Gasteiger charge is -2.24. The number of carboxylic acid groups (broad SMARTS) is 1. The average molecular weight is 195 g/mol. The lowest BCUT2D eigenvalue weighted by molar-refractivity contribution is -0.148. The molecule has 4 nitrogen and oxygen atoms in total. The SMILES string of the molecule is C#C[C@H]1CC[C@@H](C(=O)O)N1C(=O)CC. The summed E-state index contributed by atoms with van der Waals surface area (Å²) in [5.74, 6) is 1.31. The van der Waals surface area contributed by atoms with Gasteiger partial charge in [-0.3, -0.25) is 4.79 Å². The summed E-state index contributed by atoms with van der Waals surface area (Å²) >= 11 is 0. The third kappa shape index (κ3) is 1.72. The van der Waals surface area contributed by atoms with Crippen molar-refractivity contribution in [3.63, 3.8) is 0 Å². The summed E-state index contributed by atoms with van der Waals surface area (Å²) in [7, 11) is 0. The molecule has 0 aromatic rings. The van der Waals surface area contributed by atoms with Crippen molar-refractivity contribution in [3.8, 4) is 12.3 Å². The van der Waals surface area contributed by atoms with Gasteiger partial charge in [-0.2, -0.15) is 0 Å². The van der Waals surface area contributed by atoms with Gasteiger partial charge in [0.2, 0.25) is 5.91 Å². The molecule has 1 fully saturated rings. The summed E-state index contributed by atoms with van der Waals surface area (Å²) in [5, 5.41) is 8.88. The molecule has 76 valence electrons. The van der Waals surface area contributed by atoms with Crippen LogP contribution in [0.4, 0.5) is 0 Å². The Hall–Kier alpha value is -1.50. The lowest BCUT2D eigenvalue weighted by Crippen LogP contribution is -2.44. The fourth-order valence-electron chi connectivity index (χ4n) is 1.75. The number of carboxylic acids is 1. The molecule has 0 aromatic heterocycles. The summed E-state index contributed by atoms with van der Waals surface area (Å²) in [6, 6.07) is -1.08. The maximum absolute atomic E-state index is 11.5. The second-order valence-corrected chi connectivity index (χ2v) is 3.27. The molecule has 4 heteroatoms. The summed E-state index contributed by atoms with van der Waals surface area (Å²) in [6.07, 6.45) is 6.57. The summed E-state index contributed by atoms with van der Waals surface area (Å²) in [4.78, 5) is 23.6. The minimum Gasteiger partial charge on any atom is -0.480 e. The predicted molar refractivity (Wildman–Crippen MR) is 50.4 cm³/mol. The van der Waals surface area contributed by atoms with Crippen LogP contribution in [0.1, 0.15) is 26.2 Å². The Labute approximate surface area is 82.9 Å². The molecule has 0 radical (unpaired) electrons. The second-order valence-electron chi connectivity index (χ2n) is 3.27. The van der Waals surface area contributed by atoms with Crippen molar-refractivity contribution >= 4 is 11.9 Å². The Kier molecular flexibility index (Phi) is 3.13. The predicted octanol–water partition coefficient (Wildman–Crippen LogP) is 0.474. The average Bonchev–Trinajstić information content (AvgIpc) is 2.59. The Morgan fingerprint density at radius 1 is 1.57 bits per heavy atom. The van der Waals surface area contributed by atoms with Crippen LogP contribution in [0.2, 0.25) is 0 Å². The molecule has 1 rings (SSSR count). The van der Waals surface area contributed by atoms with Crippen molar-refractivity contribution in [2.75, 3.05) is 0 Å². The van der Waals surface area contributed by atoms with Crippen molar-refractivity contribution in [2.45, 2.75) is 38.3 Å². The zero-order chi connectivity index (χ0) is 10.7. The van der Waals surface area contributed by atoms with Gasteiger partial charge in [0, 0.05) is 6.42 Å². The van der Waals surface area contributed by atoms with Gasteiger partial charge >= 0.3 is 5.97 Å². The van der Waals surface area contributed by atoms with Crippen molar-refractivity contribution in [2.24, 2.45) is 0 Å². The normalized spacial score (nSPS) is 25.9. The Morgan fingerprint density at radius 2 is 2.21 bits per heavy atom. The number of likely N-dealkylation sites (tertiary alicyclic amines) is 1. The largest absolute Gasteiger partial charge is 0.480 e. The minimum absolute atomic E-state index is 0.183. The zero-order valence-corrected chi connectivity index (χ0v) is 8.06. The number of carbonyl (C=O) groups excluding carboxylic acids is 1. The molecule has 0 saturated carbocycles. The highest BCUT2D eigenvalue weighted by atomic mass is 16.4. The summed E-state index contributed by atoms with van der Waals surface area (Å²) in [6.45, 7) is 1.70. The van der Waals surface area contributed by atoms with E-state index < -0.39 is 12.0 Å². The van der Waals surface area contributed by atoms with Gasteiger partial charge in [0.05, 0.1) is 6.04 Å². The molecule has 0 aliphatic carbocycles. The van der Waals surface area contributed by atoms with Crippen molar-refractivity contribution in [3.05, 3.63) is 0 Å². The molecule has 1 aliphatic heterocycles. The highest BCUT2D eigenvalue weighted by Crippen LogP contribution is 2.24. The van der Waals surface area contributed by atoms with E-state index in [1.54, 1.807) is 6.92 Å². The maximum atomic E-state index is 11.5. The quantitative estimate of drug-likeness (QED) is 0.652. The first kappa shape index (κ1) is 10.6. The summed E-state index contributed by atoms with van der Waals surface area (Å²) < 4.78 is 0. The molecule has 1 N–H and O–H groups in total. The van der Waals surface area contributed by atoms with Crippen LogP contribution >= 0.6 is 0 Å². The van der Waals surface area contributed by atoms with Gasteiger partial charge in [-0.25, -0.2) is 4.79 Å². The van der Waals surface area contributed by atoms with Crippen LogP contribution in [0.15, 0.2) is 0 Å². The van der Waals surface area contributed by atoms with Crippen LogP contribution in [0.25, 0.3) is 0 Å². The van der Waals surface area contributed by atoms with Gasteiger partial charge in [0.25, 0.3) is 0 Å². The fraction of sp³-hybridized carbons (Fsp3) is 0.600. The zero-order valence-electron chi connectivity index (χ0n) is 8.06. The number of amides is 1. The Bertz CT molecular complexity index is 292. The number of aliphatic carboxylic acids is 1. The first-order valence-corrected chi connectivity index (χ1v) is 4.62. The van der Waals surface area contributed by atoms with Crippen molar-refractivity contribution in [1.82, 2.24) is 4.90 Å². The van der Waals surface area contributed by atoms with Crippen molar-refractivity contribution in [1.29, 1.82) is 0 Å². The second kappa shape index (κ2) is 4.14. The monoisotopic (exact) mass is 195 g/mol. The number of terminal acetylenes is 1. The van der Waals surface area contributed by atoms with Crippen LogP contribution in [0.3, 0.4) is 0 Å². The third-order valence-corrected chi connectivity index (χ3v) is 2.45. The molecule has 1 aliphatic rings. The standard InChI is InChI=1S/C10H13NO3/c1-3-7-5-6-8(10(13)14)11(7)9(12)4-2/h1,7-8H,4-6H2,2H3,(H,13,14)/t7-,8-/m0/s1. The molecular formula is C10H13NO3. The van der Waals surface area contributed by atoms with E-state index in [2.05, 4.69) is 5.92 Å². The van der Waals surface area contributed by atoms with Gasteiger partial charge in [-0.05, 0) is 12.8 Å². The van der Waals surface area contributed by atoms with E-state index in [0.29, 0.717) is 19.3 Å². The van der Waals surface area contributed by atoms with E-state index in [4.69, 9.17) is 11.5 Å². The summed E-state index contributed by atoms with van der Waals surface area (Å²) in [5.41, 5.74) is 0. The number of hydrogen-bond donors (Lipinski definition) is 1. The molecule has 1 heterocycles. The first-order chi connectivity index (χ1) is 6.61. The third-order valence-electron chi connectivity index (χ3n) is 2.45. The van der Waals surface area contributed by atoms with E-state index in [-0.39, 0.29) is 11.9 Å². The van der Waals surface area contributed by atoms with Gasteiger partial charge in [0.1, 0.15) is 6.04 Å². The van der Waals surface area contributed by atoms with Gasteiger partial charge in [0.15, 0.2) is 0 Å². The molecule has 0 aromatic carbocycles. The molecular weight excluding hydrogens is 182 g/mol. The van der Waals surface area contributed by atoms with E-state index >= 15 is 0 Å². The van der Waals surface area contributed by atoms with Crippen LogP contribution in [0.5, 0.6) is 0 Å². The van der Waals surface area contributed by atoms with Crippen molar-refractivity contribution < 1.29 is 14.7 Å². The minimum atomic E-state index is -0.968. The van der Waals surface area contributed by atoms with E-state index in [1.165, 1.54) is 4.90 Å². The van der Waals surface area contributed by atoms with Crippen LogP contribution in [-0.2, 0) is 9.59 Å². The number of rotatable bonds is 2.